The van der Waals surface area contributed by atoms with Gasteiger partial charge in [-0.2, -0.15) is 39.0 Å². The number of alkyl halides is 6. The summed E-state index contributed by atoms with van der Waals surface area (Å²) in [4.78, 5) is 0. The molecular weight excluding hydrogens is 246 g/mol. The SMILES string of the molecule is FC(F)(F)C(OCCCCS)C(F)(F)F. The Morgan fingerprint density at radius 3 is 1.73 bits per heavy atom. The fourth-order valence-electron chi connectivity index (χ4n) is 0.790. The molecule has 0 heterocycles. The Morgan fingerprint density at radius 1 is 0.933 bits per heavy atom. The van der Waals surface area contributed by atoms with Crippen LogP contribution in [0.3, 0.4) is 0 Å². The van der Waals surface area contributed by atoms with Gasteiger partial charge in [0.05, 0.1) is 0 Å². The lowest BCUT2D eigenvalue weighted by Gasteiger charge is -2.22. The van der Waals surface area contributed by atoms with Crippen LogP contribution in [-0.4, -0.2) is 30.8 Å². The highest BCUT2D eigenvalue weighted by Gasteiger charge is 2.57. The molecule has 0 amide bonds. The highest BCUT2D eigenvalue weighted by molar-refractivity contribution is 7.80. The Balaban J connectivity index is 4.17. The normalized spacial score (nSPS) is 13.6. The molecule has 0 unspecified atom stereocenters. The topological polar surface area (TPSA) is 9.23 Å². The summed E-state index contributed by atoms with van der Waals surface area (Å²) in [6.07, 6.45) is -14.0. The Morgan fingerprint density at radius 2 is 1.40 bits per heavy atom. The molecule has 0 bridgehead atoms. The highest BCUT2D eigenvalue weighted by atomic mass is 32.1. The van der Waals surface area contributed by atoms with E-state index in [0.717, 1.165) is 0 Å². The molecule has 0 aliphatic carbocycles. The Labute approximate surface area is 88.2 Å². The molecule has 0 atom stereocenters. The maximum atomic E-state index is 11.9. The van der Waals surface area contributed by atoms with E-state index in [1.165, 1.54) is 0 Å². The van der Waals surface area contributed by atoms with E-state index in [-0.39, 0.29) is 6.42 Å². The molecule has 0 saturated heterocycles. The lowest BCUT2D eigenvalue weighted by molar-refractivity contribution is -0.321. The summed E-state index contributed by atoms with van der Waals surface area (Å²) in [5, 5.41) is 0. The maximum Gasteiger partial charge on any atom is 0.423 e. The fraction of sp³-hybridized carbons (Fsp3) is 1.00. The molecule has 0 aliphatic rings. The van der Waals surface area contributed by atoms with Crippen molar-refractivity contribution in [1.29, 1.82) is 0 Å². The van der Waals surface area contributed by atoms with Crippen molar-refractivity contribution in [2.45, 2.75) is 31.3 Å². The summed E-state index contributed by atoms with van der Waals surface area (Å²) in [5.74, 6) is 0.395. The summed E-state index contributed by atoms with van der Waals surface area (Å²) in [6.45, 7) is -0.579. The smallest absolute Gasteiger partial charge is 0.361 e. The molecular formula is C7H10F6OS. The Hall–Kier alpha value is -0.110. The van der Waals surface area contributed by atoms with Crippen LogP contribution in [0.5, 0.6) is 0 Å². The van der Waals surface area contributed by atoms with Gasteiger partial charge in [-0.15, -0.1) is 0 Å². The van der Waals surface area contributed by atoms with E-state index in [0.29, 0.717) is 12.2 Å². The van der Waals surface area contributed by atoms with Crippen molar-refractivity contribution >= 4 is 12.6 Å². The number of ether oxygens (including phenoxy) is 1. The lowest BCUT2D eigenvalue weighted by Crippen LogP contribution is -2.44. The number of halogens is 6. The van der Waals surface area contributed by atoms with Gasteiger partial charge in [0.1, 0.15) is 0 Å². The van der Waals surface area contributed by atoms with Crippen LogP contribution in [0.4, 0.5) is 26.3 Å². The van der Waals surface area contributed by atoms with Gasteiger partial charge < -0.3 is 4.74 Å². The zero-order valence-electron chi connectivity index (χ0n) is 7.53. The molecule has 0 saturated carbocycles. The van der Waals surface area contributed by atoms with Crippen LogP contribution in [0.15, 0.2) is 0 Å². The van der Waals surface area contributed by atoms with Gasteiger partial charge in [-0.1, -0.05) is 0 Å². The summed E-state index contributed by atoms with van der Waals surface area (Å²) in [6, 6.07) is 0. The summed E-state index contributed by atoms with van der Waals surface area (Å²) < 4.78 is 75.0. The minimum atomic E-state index is -5.42. The van der Waals surface area contributed by atoms with Crippen LogP contribution >= 0.6 is 12.6 Å². The first-order valence-electron chi connectivity index (χ1n) is 4.05. The van der Waals surface area contributed by atoms with Crippen molar-refractivity contribution in [2.75, 3.05) is 12.4 Å². The predicted octanol–water partition coefficient (Wildman–Crippen LogP) is 3.21. The van der Waals surface area contributed by atoms with Gasteiger partial charge in [-0.25, -0.2) is 0 Å². The molecule has 0 aromatic heterocycles. The lowest BCUT2D eigenvalue weighted by atomic mass is 10.3. The number of unbranched alkanes of at least 4 members (excludes halogenated alkanes) is 1. The predicted molar refractivity (Wildman–Crippen MR) is 44.9 cm³/mol. The minimum absolute atomic E-state index is 0.117. The van der Waals surface area contributed by atoms with Gasteiger partial charge in [-0.3, -0.25) is 0 Å². The number of hydrogen-bond donors (Lipinski definition) is 1. The Bertz CT molecular complexity index is 163. The molecule has 0 aromatic rings. The molecule has 0 spiro atoms. The van der Waals surface area contributed by atoms with Gasteiger partial charge in [0, 0.05) is 6.61 Å². The highest BCUT2D eigenvalue weighted by Crippen LogP contribution is 2.35. The first kappa shape index (κ1) is 14.9. The van der Waals surface area contributed by atoms with Crippen LogP contribution < -0.4 is 0 Å². The summed E-state index contributed by atoms with van der Waals surface area (Å²) >= 11 is 3.76. The first-order chi connectivity index (χ1) is 6.69. The zero-order valence-corrected chi connectivity index (χ0v) is 8.42. The molecule has 0 aromatic carbocycles. The molecule has 1 nitrogen and oxygen atoms in total. The van der Waals surface area contributed by atoms with Crippen molar-refractivity contribution in [3.63, 3.8) is 0 Å². The molecule has 92 valence electrons. The molecule has 0 N–H and O–H groups in total. The number of rotatable bonds is 5. The summed E-state index contributed by atoms with van der Waals surface area (Å²) in [7, 11) is 0. The van der Waals surface area contributed by atoms with E-state index in [9.17, 15) is 26.3 Å². The third-order valence-electron chi connectivity index (χ3n) is 1.43. The average Bonchev–Trinajstić information content (AvgIpc) is 1.99. The van der Waals surface area contributed by atoms with Crippen LogP contribution in [0.2, 0.25) is 0 Å². The van der Waals surface area contributed by atoms with Crippen molar-refractivity contribution in [3.05, 3.63) is 0 Å². The second-order valence-corrected chi connectivity index (χ2v) is 3.21. The first-order valence-corrected chi connectivity index (χ1v) is 4.68. The van der Waals surface area contributed by atoms with Gasteiger partial charge in [0.2, 0.25) is 6.10 Å². The third kappa shape index (κ3) is 6.14. The van der Waals surface area contributed by atoms with Crippen molar-refractivity contribution in [2.24, 2.45) is 0 Å². The number of hydrogen-bond acceptors (Lipinski definition) is 2. The minimum Gasteiger partial charge on any atom is -0.361 e. The van der Waals surface area contributed by atoms with Gasteiger partial charge >= 0.3 is 12.4 Å². The number of thiol groups is 1. The van der Waals surface area contributed by atoms with Gasteiger partial charge in [0.15, 0.2) is 0 Å². The molecule has 0 aliphatic heterocycles. The van der Waals surface area contributed by atoms with Gasteiger partial charge in [-0.05, 0) is 18.6 Å². The average molecular weight is 256 g/mol. The van der Waals surface area contributed by atoms with E-state index in [1.54, 1.807) is 0 Å². The van der Waals surface area contributed by atoms with Crippen LogP contribution in [0.1, 0.15) is 12.8 Å². The molecule has 0 radical (unpaired) electrons. The van der Waals surface area contributed by atoms with Crippen LogP contribution in [0, 0.1) is 0 Å². The van der Waals surface area contributed by atoms with Crippen LogP contribution in [-0.2, 0) is 4.74 Å². The van der Waals surface area contributed by atoms with Crippen molar-refractivity contribution in [3.8, 4) is 0 Å². The third-order valence-corrected chi connectivity index (χ3v) is 1.75. The second-order valence-electron chi connectivity index (χ2n) is 2.76. The van der Waals surface area contributed by atoms with E-state index in [1.807, 2.05) is 0 Å². The molecule has 0 fully saturated rings. The van der Waals surface area contributed by atoms with E-state index in [2.05, 4.69) is 17.4 Å². The summed E-state index contributed by atoms with van der Waals surface area (Å²) in [5.41, 5.74) is 0. The van der Waals surface area contributed by atoms with E-state index < -0.39 is 25.1 Å². The standard InChI is InChI=1S/C7H10F6OS/c8-6(9,10)5(7(11,12)13)14-3-1-2-4-15/h5,15H,1-4H2. The van der Waals surface area contributed by atoms with Gasteiger partial charge in [0.25, 0.3) is 0 Å². The molecule has 0 rings (SSSR count). The Kier molecular flexibility index (Phi) is 5.79. The van der Waals surface area contributed by atoms with Crippen LogP contribution in [0.25, 0.3) is 0 Å². The van der Waals surface area contributed by atoms with E-state index >= 15 is 0 Å². The molecule has 8 heteroatoms. The zero-order chi connectivity index (χ0) is 12.1. The monoisotopic (exact) mass is 256 g/mol. The molecule has 15 heavy (non-hydrogen) atoms. The largest absolute Gasteiger partial charge is 0.423 e. The fourth-order valence-corrected chi connectivity index (χ4v) is 1.01. The van der Waals surface area contributed by atoms with Crippen molar-refractivity contribution in [1.82, 2.24) is 0 Å². The maximum absolute atomic E-state index is 11.9. The second kappa shape index (κ2) is 5.83. The van der Waals surface area contributed by atoms with Crippen molar-refractivity contribution < 1.29 is 31.1 Å². The van der Waals surface area contributed by atoms with E-state index in [4.69, 9.17) is 0 Å². The quantitative estimate of drug-likeness (QED) is 0.451.